The normalized spacial score (nSPS) is 22.5. The van der Waals surface area contributed by atoms with Gasteiger partial charge >= 0.3 is 0 Å². The summed E-state index contributed by atoms with van der Waals surface area (Å²) in [5, 5.41) is 3.45. The molecule has 0 radical (unpaired) electrons. The number of hydrogen-bond acceptors (Lipinski definition) is 3. The van der Waals surface area contributed by atoms with Gasteiger partial charge in [0.2, 0.25) is 0 Å². The molecular formula is C18H29N3. The highest BCUT2D eigenvalue weighted by Crippen LogP contribution is 2.19. The molecule has 21 heavy (non-hydrogen) atoms. The van der Waals surface area contributed by atoms with Crippen molar-refractivity contribution in [1.82, 2.24) is 15.1 Å². The monoisotopic (exact) mass is 287 g/mol. The van der Waals surface area contributed by atoms with Gasteiger partial charge in [0.15, 0.2) is 0 Å². The van der Waals surface area contributed by atoms with Gasteiger partial charge in [-0.2, -0.15) is 0 Å². The molecule has 2 aliphatic rings. The van der Waals surface area contributed by atoms with Crippen LogP contribution in [0.2, 0.25) is 0 Å². The number of nitrogens with zero attached hydrogens (tertiary/aromatic N) is 2. The smallest absolute Gasteiger partial charge is 0.0234 e. The lowest BCUT2D eigenvalue weighted by Crippen LogP contribution is -2.43. The van der Waals surface area contributed by atoms with Crippen molar-refractivity contribution in [3.63, 3.8) is 0 Å². The molecule has 116 valence electrons. The molecule has 2 fully saturated rings. The van der Waals surface area contributed by atoms with Gasteiger partial charge in [0, 0.05) is 32.7 Å². The van der Waals surface area contributed by atoms with Gasteiger partial charge in [-0.25, -0.2) is 0 Å². The topological polar surface area (TPSA) is 18.5 Å². The van der Waals surface area contributed by atoms with Gasteiger partial charge < -0.3 is 10.2 Å². The van der Waals surface area contributed by atoms with E-state index in [-0.39, 0.29) is 0 Å². The van der Waals surface area contributed by atoms with E-state index in [1.54, 1.807) is 0 Å². The highest BCUT2D eigenvalue weighted by molar-refractivity contribution is 5.23. The number of hydrogen-bond donors (Lipinski definition) is 1. The van der Waals surface area contributed by atoms with E-state index >= 15 is 0 Å². The summed E-state index contributed by atoms with van der Waals surface area (Å²) in [5.74, 6) is 0.884. The molecule has 3 rings (SSSR count). The molecule has 0 bridgehead atoms. The summed E-state index contributed by atoms with van der Waals surface area (Å²) < 4.78 is 0. The van der Waals surface area contributed by atoms with E-state index < -0.39 is 0 Å². The van der Waals surface area contributed by atoms with Crippen molar-refractivity contribution in [2.75, 3.05) is 46.3 Å². The minimum absolute atomic E-state index is 0.884. The highest BCUT2D eigenvalue weighted by atomic mass is 15.2. The lowest BCUT2D eigenvalue weighted by atomic mass is 9.91. The zero-order valence-corrected chi connectivity index (χ0v) is 13.4. The Labute approximate surface area is 129 Å². The third kappa shape index (κ3) is 4.53. The molecule has 2 aliphatic heterocycles. The van der Waals surface area contributed by atoms with E-state index in [4.69, 9.17) is 0 Å². The molecule has 3 nitrogen and oxygen atoms in total. The maximum Gasteiger partial charge on any atom is 0.0234 e. The molecule has 2 saturated heterocycles. The Kier molecular flexibility index (Phi) is 5.28. The standard InChI is InChI=1S/C18H29N3/c1-20-10-12-21(13-11-20)15-18-4-2-16(3-5-18)14-17-6-8-19-9-7-17/h2-5,17,19H,6-15H2,1H3. The van der Waals surface area contributed by atoms with E-state index in [9.17, 15) is 0 Å². The molecule has 0 aromatic heterocycles. The second kappa shape index (κ2) is 7.39. The third-order valence-corrected chi connectivity index (χ3v) is 5.01. The second-order valence-corrected chi connectivity index (χ2v) is 6.79. The molecule has 0 saturated carbocycles. The van der Waals surface area contributed by atoms with E-state index in [2.05, 4.69) is 46.4 Å². The third-order valence-electron chi connectivity index (χ3n) is 5.01. The first-order valence-electron chi connectivity index (χ1n) is 8.49. The van der Waals surface area contributed by atoms with Crippen LogP contribution in [-0.2, 0) is 13.0 Å². The number of piperidine rings is 1. The Morgan fingerprint density at radius 1 is 0.952 bits per heavy atom. The van der Waals surface area contributed by atoms with Crippen LogP contribution in [0.5, 0.6) is 0 Å². The molecule has 0 aliphatic carbocycles. The Balaban J connectivity index is 1.49. The Morgan fingerprint density at radius 3 is 2.24 bits per heavy atom. The van der Waals surface area contributed by atoms with Crippen LogP contribution in [-0.4, -0.2) is 56.1 Å². The zero-order chi connectivity index (χ0) is 14.5. The van der Waals surface area contributed by atoms with E-state index in [1.807, 2.05) is 0 Å². The quantitative estimate of drug-likeness (QED) is 0.913. The van der Waals surface area contributed by atoms with Crippen LogP contribution >= 0.6 is 0 Å². The molecule has 1 aromatic carbocycles. The van der Waals surface area contributed by atoms with Crippen LogP contribution in [0.4, 0.5) is 0 Å². The molecule has 0 unspecified atom stereocenters. The van der Waals surface area contributed by atoms with Crippen molar-refractivity contribution < 1.29 is 0 Å². The van der Waals surface area contributed by atoms with Crippen molar-refractivity contribution in [2.24, 2.45) is 5.92 Å². The van der Waals surface area contributed by atoms with Gasteiger partial charge in [0.05, 0.1) is 0 Å². The molecule has 2 heterocycles. The summed E-state index contributed by atoms with van der Waals surface area (Å²) in [6, 6.07) is 9.39. The average Bonchev–Trinajstić information content (AvgIpc) is 2.53. The molecule has 0 atom stereocenters. The summed E-state index contributed by atoms with van der Waals surface area (Å²) in [4.78, 5) is 4.99. The summed E-state index contributed by atoms with van der Waals surface area (Å²) in [6.45, 7) is 8.32. The lowest BCUT2D eigenvalue weighted by molar-refractivity contribution is 0.148. The minimum Gasteiger partial charge on any atom is -0.317 e. The fraction of sp³-hybridized carbons (Fsp3) is 0.667. The minimum atomic E-state index is 0.884. The number of benzene rings is 1. The summed E-state index contributed by atoms with van der Waals surface area (Å²) in [5.41, 5.74) is 2.98. The summed E-state index contributed by atoms with van der Waals surface area (Å²) in [7, 11) is 2.22. The Morgan fingerprint density at radius 2 is 1.57 bits per heavy atom. The number of likely N-dealkylation sites (N-methyl/N-ethyl adjacent to an activating group) is 1. The number of piperazine rings is 1. The SMILES string of the molecule is CN1CCN(Cc2ccc(CC3CCNCC3)cc2)CC1. The van der Waals surface area contributed by atoms with Crippen molar-refractivity contribution in [3.05, 3.63) is 35.4 Å². The van der Waals surface area contributed by atoms with Gasteiger partial charge in [-0.3, -0.25) is 4.90 Å². The first-order valence-corrected chi connectivity index (χ1v) is 8.49. The summed E-state index contributed by atoms with van der Waals surface area (Å²) in [6.07, 6.45) is 3.93. The first kappa shape index (κ1) is 15.0. The van der Waals surface area contributed by atoms with Crippen LogP contribution in [0, 0.1) is 5.92 Å². The largest absolute Gasteiger partial charge is 0.317 e. The van der Waals surface area contributed by atoms with Crippen molar-refractivity contribution >= 4 is 0 Å². The second-order valence-electron chi connectivity index (χ2n) is 6.79. The van der Waals surface area contributed by atoms with Crippen molar-refractivity contribution in [1.29, 1.82) is 0 Å². The van der Waals surface area contributed by atoms with Crippen LogP contribution < -0.4 is 5.32 Å². The van der Waals surface area contributed by atoms with Crippen LogP contribution in [0.3, 0.4) is 0 Å². The predicted molar refractivity (Wildman–Crippen MR) is 88.5 cm³/mol. The van der Waals surface area contributed by atoms with Crippen LogP contribution in [0.1, 0.15) is 24.0 Å². The van der Waals surface area contributed by atoms with Gasteiger partial charge in [-0.05, 0) is 56.4 Å². The highest BCUT2D eigenvalue weighted by Gasteiger charge is 2.15. The molecule has 1 aromatic rings. The van der Waals surface area contributed by atoms with Gasteiger partial charge in [-0.15, -0.1) is 0 Å². The van der Waals surface area contributed by atoms with E-state index in [0.29, 0.717) is 0 Å². The van der Waals surface area contributed by atoms with Gasteiger partial charge in [0.1, 0.15) is 0 Å². The number of rotatable bonds is 4. The van der Waals surface area contributed by atoms with E-state index in [0.717, 1.165) is 12.5 Å². The lowest BCUT2D eigenvalue weighted by Gasteiger charge is -2.32. The van der Waals surface area contributed by atoms with E-state index in [1.165, 1.54) is 69.7 Å². The Hall–Kier alpha value is -0.900. The van der Waals surface area contributed by atoms with Crippen LogP contribution in [0.15, 0.2) is 24.3 Å². The fourth-order valence-corrected chi connectivity index (χ4v) is 3.46. The molecule has 3 heteroatoms. The van der Waals surface area contributed by atoms with Gasteiger partial charge in [-0.1, -0.05) is 24.3 Å². The molecule has 0 amide bonds. The first-order chi connectivity index (χ1) is 10.3. The molecule has 0 spiro atoms. The van der Waals surface area contributed by atoms with Crippen molar-refractivity contribution in [3.8, 4) is 0 Å². The predicted octanol–water partition coefficient (Wildman–Crippen LogP) is 1.98. The maximum absolute atomic E-state index is 3.45. The zero-order valence-electron chi connectivity index (χ0n) is 13.4. The van der Waals surface area contributed by atoms with Crippen molar-refractivity contribution in [2.45, 2.75) is 25.8 Å². The Bertz CT molecular complexity index is 415. The van der Waals surface area contributed by atoms with Crippen LogP contribution in [0.25, 0.3) is 0 Å². The number of nitrogens with one attached hydrogen (secondary N) is 1. The summed E-state index contributed by atoms with van der Waals surface area (Å²) >= 11 is 0. The molecule has 1 N–H and O–H groups in total. The maximum atomic E-state index is 3.45. The average molecular weight is 287 g/mol. The van der Waals surface area contributed by atoms with Gasteiger partial charge in [0.25, 0.3) is 0 Å². The molecular weight excluding hydrogens is 258 g/mol. The fourth-order valence-electron chi connectivity index (χ4n) is 3.46.